The van der Waals surface area contributed by atoms with Crippen LogP contribution in [0.5, 0.6) is 0 Å². The number of carbonyl (C=O) groups is 1. The second-order valence-electron chi connectivity index (χ2n) is 7.82. The van der Waals surface area contributed by atoms with Crippen molar-refractivity contribution in [2.45, 2.75) is 39.0 Å². The van der Waals surface area contributed by atoms with Crippen molar-refractivity contribution < 1.29 is 23.1 Å². The molecule has 0 heterocycles. The van der Waals surface area contributed by atoms with E-state index in [2.05, 4.69) is 15.9 Å². The number of rotatable bonds is 7. The van der Waals surface area contributed by atoms with E-state index in [4.69, 9.17) is 0 Å². The van der Waals surface area contributed by atoms with Crippen LogP contribution in [-0.2, 0) is 12.6 Å². The van der Waals surface area contributed by atoms with E-state index >= 15 is 0 Å². The molecule has 0 saturated carbocycles. The van der Waals surface area contributed by atoms with Crippen LogP contribution in [0.15, 0.2) is 71.2 Å². The zero-order valence-corrected chi connectivity index (χ0v) is 20.0. The number of aryl methyl sites for hydroxylation is 2. The number of amides is 1. The van der Waals surface area contributed by atoms with E-state index in [0.29, 0.717) is 23.2 Å². The van der Waals surface area contributed by atoms with Crippen LogP contribution in [-0.4, -0.2) is 17.6 Å². The van der Waals surface area contributed by atoms with Gasteiger partial charge < -0.3 is 10.0 Å². The summed E-state index contributed by atoms with van der Waals surface area (Å²) >= 11 is 2.94. The maximum Gasteiger partial charge on any atom is 0.417 e. The summed E-state index contributed by atoms with van der Waals surface area (Å²) in [6, 6.07) is 18.5. The molecular formula is C26H25BrF3NO2. The summed E-state index contributed by atoms with van der Waals surface area (Å²) in [5.41, 5.74) is 2.72. The molecule has 3 nitrogen and oxygen atoms in total. The lowest BCUT2D eigenvalue weighted by Crippen LogP contribution is -2.31. The highest BCUT2D eigenvalue weighted by Crippen LogP contribution is 2.35. The van der Waals surface area contributed by atoms with Crippen LogP contribution < -0.4 is 4.90 Å². The zero-order valence-electron chi connectivity index (χ0n) is 18.4. The highest BCUT2D eigenvalue weighted by molar-refractivity contribution is 9.10. The van der Waals surface area contributed by atoms with E-state index in [9.17, 15) is 23.1 Å². The smallest absolute Gasteiger partial charge is 0.388 e. The molecule has 0 fully saturated rings. The zero-order chi connectivity index (χ0) is 24.2. The van der Waals surface area contributed by atoms with Gasteiger partial charge in [0.2, 0.25) is 0 Å². The van der Waals surface area contributed by atoms with Gasteiger partial charge >= 0.3 is 6.18 Å². The van der Waals surface area contributed by atoms with Gasteiger partial charge in [0.15, 0.2) is 0 Å². The third-order valence-corrected chi connectivity index (χ3v) is 6.24. The highest BCUT2D eigenvalue weighted by atomic mass is 79.9. The molecule has 3 aromatic rings. The number of anilines is 1. The van der Waals surface area contributed by atoms with Crippen LogP contribution in [0, 0.1) is 6.92 Å². The molecule has 1 amide bonds. The summed E-state index contributed by atoms with van der Waals surface area (Å²) < 4.78 is 39.3. The predicted molar refractivity (Wildman–Crippen MR) is 127 cm³/mol. The lowest BCUT2D eigenvalue weighted by Gasteiger charge is -2.23. The van der Waals surface area contributed by atoms with Gasteiger partial charge in [0.1, 0.15) is 0 Å². The Bertz CT molecular complexity index is 1110. The fraction of sp³-hybridized carbons (Fsp3) is 0.269. The van der Waals surface area contributed by atoms with Gasteiger partial charge in [-0.2, -0.15) is 13.2 Å². The number of aliphatic hydroxyl groups is 1. The van der Waals surface area contributed by atoms with Crippen molar-refractivity contribution >= 4 is 27.5 Å². The van der Waals surface area contributed by atoms with E-state index in [-0.39, 0.29) is 23.2 Å². The first kappa shape index (κ1) is 25.0. The number of carbonyl (C=O) groups excluding carboxylic acids is 1. The van der Waals surface area contributed by atoms with Crippen molar-refractivity contribution in [2.24, 2.45) is 0 Å². The minimum atomic E-state index is -4.44. The molecule has 0 spiro atoms. The van der Waals surface area contributed by atoms with E-state index in [0.717, 1.165) is 17.3 Å². The number of alkyl halides is 3. The molecule has 1 unspecified atom stereocenters. The average molecular weight is 520 g/mol. The van der Waals surface area contributed by atoms with Crippen LogP contribution in [0.25, 0.3) is 0 Å². The first-order valence-electron chi connectivity index (χ1n) is 10.6. The van der Waals surface area contributed by atoms with Gasteiger partial charge in [-0.05, 0) is 73.7 Å². The number of halogens is 4. The summed E-state index contributed by atoms with van der Waals surface area (Å²) in [7, 11) is 0. The first-order valence-corrected chi connectivity index (χ1v) is 11.4. The molecule has 0 saturated heterocycles. The summed E-state index contributed by atoms with van der Waals surface area (Å²) in [4.78, 5) is 14.7. The van der Waals surface area contributed by atoms with Crippen LogP contribution in [0.2, 0.25) is 0 Å². The number of benzene rings is 3. The Morgan fingerprint density at radius 3 is 2.33 bits per heavy atom. The molecule has 33 heavy (non-hydrogen) atoms. The first-order chi connectivity index (χ1) is 15.6. The third kappa shape index (κ3) is 6.03. The molecule has 0 aliphatic carbocycles. The van der Waals surface area contributed by atoms with Crippen molar-refractivity contribution in [3.8, 4) is 0 Å². The maximum absolute atomic E-state index is 13.1. The summed E-state index contributed by atoms with van der Waals surface area (Å²) in [5.74, 6) is -0.137. The Morgan fingerprint density at radius 2 is 1.73 bits per heavy atom. The van der Waals surface area contributed by atoms with Gasteiger partial charge in [-0.15, -0.1) is 0 Å². The molecule has 0 aliphatic heterocycles. The number of para-hydroxylation sites is 1. The molecule has 0 bridgehead atoms. The minimum absolute atomic E-state index is 0.00799. The Labute approximate surface area is 200 Å². The molecule has 174 valence electrons. The summed E-state index contributed by atoms with van der Waals surface area (Å²) in [6.45, 7) is 4.38. The topological polar surface area (TPSA) is 40.5 Å². The Hall–Kier alpha value is -2.64. The fourth-order valence-corrected chi connectivity index (χ4v) is 4.18. The molecule has 3 aromatic carbocycles. The van der Waals surface area contributed by atoms with Crippen molar-refractivity contribution in [2.75, 3.05) is 11.4 Å². The molecule has 1 N–H and O–H groups in total. The number of hydrogen-bond acceptors (Lipinski definition) is 2. The van der Waals surface area contributed by atoms with Gasteiger partial charge in [0, 0.05) is 22.3 Å². The average Bonchev–Trinajstić information content (AvgIpc) is 2.79. The van der Waals surface area contributed by atoms with Gasteiger partial charge in [-0.25, -0.2) is 0 Å². The van der Waals surface area contributed by atoms with Crippen LogP contribution in [0.4, 0.5) is 18.9 Å². The van der Waals surface area contributed by atoms with Gasteiger partial charge in [0.25, 0.3) is 5.91 Å². The van der Waals surface area contributed by atoms with Crippen LogP contribution in [0.3, 0.4) is 0 Å². The Kier molecular flexibility index (Phi) is 7.97. The van der Waals surface area contributed by atoms with Crippen molar-refractivity contribution in [3.05, 3.63) is 99.0 Å². The SMILES string of the molecule is CCN(C(=O)c1ccc(C(O)CCc2ccc(Br)c(C(F)(F)F)c2)cc1)c1ccccc1C. The standard InChI is InChI=1S/C26H25BrF3NO2/c1-3-31(23-7-5-4-6-17(23)2)25(33)20-12-10-19(11-13-20)24(32)15-9-18-8-14-22(27)21(16-18)26(28,29)30/h4-8,10-14,16,24,32H,3,9,15H2,1-2H3. The molecule has 0 radical (unpaired) electrons. The van der Waals surface area contributed by atoms with Crippen LogP contribution in [0.1, 0.15) is 52.1 Å². The molecule has 0 aromatic heterocycles. The number of hydrogen-bond donors (Lipinski definition) is 1. The van der Waals surface area contributed by atoms with Crippen molar-refractivity contribution in [1.82, 2.24) is 0 Å². The number of nitrogens with zero attached hydrogens (tertiary/aromatic N) is 1. The summed E-state index contributed by atoms with van der Waals surface area (Å²) in [5, 5.41) is 10.5. The second kappa shape index (κ2) is 10.5. The summed E-state index contributed by atoms with van der Waals surface area (Å²) in [6.07, 6.45) is -4.75. The molecule has 0 aliphatic rings. The van der Waals surface area contributed by atoms with Gasteiger partial charge in [-0.3, -0.25) is 4.79 Å². The Balaban J connectivity index is 1.68. The second-order valence-corrected chi connectivity index (χ2v) is 8.68. The maximum atomic E-state index is 13.1. The largest absolute Gasteiger partial charge is 0.417 e. The lowest BCUT2D eigenvalue weighted by molar-refractivity contribution is -0.138. The third-order valence-electron chi connectivity index (χ3n) is 5.55. The Morgan fingerprint density at radius 1 is 1.06 bits per heavy atom. The van der Waals surface area contributed by atoms with Crippen molar-refractivity contribution in [3.63, 3.8) is 0 Å². The molecule has 1 atom stereocenters. The predicted octanol–water partition coefficient (Wildman–Crippen LogP) is 7.11. The normalized spacial score (nSPS) is 12.5. The van der Waals surface area contributed by atoms with Gasteiger partial charge in [0.05, 0.1) is 11.7 Å². The van der Waals surface area contributed by atoms with Gasteiger partial charge in [-0.1, -0.05) is 52.3 Å². The van der Waals surface area contributed by atoms with E-state index in [1.165, 1.54) is 6.07 Å². The fourth-order valence-electron chi connectivity index (χ4n) is 3.71. The highest BCUT2D eigenvalue weighted by Gasteiger charge is 2.33. The van der Waals surface area contributed by atoms with E-state index in [1.807, 2.05) is 38.1 Å². The lowest BCUT2D eigenvalue weighted by atomic mass is 9.99. The number of aliphatic hydroxyl groups excluding tert-OH is 1. The van der Waals surface area contributed by atoms with E-state index in [1.54, 1.807) is 35.2 Å². The quantitative estimate of drug-likeness (QED) is 0.361. The molecule has 7 heteroatoms. The molecular weight excluding hydrogens is 495 g/mol. The van der Waals surface area contributed by atoms with Crippen molar-refractivity contribution in [1.29, 1.82) is 0 Å². The minimum Gasteiger partial charge on any atom is -0.388 e. The monoisotopic (exact) mass is 519 g/mol. The molecule has 3 rings (SSSR count). The van der Waals surface area contributed by atoms with E-state index < -0.39 is 17.8 Å². The van der Waals surface area contributed by atoms with Crippen LogP contribution >= 0.6 is 15.9 Å².